The predicted molar refractivity (Wildman–Crippen MR) is 97.2 cm³/mol. The molecule has 1 aliphatic rings. The van der Waals surface area contributed by atoms with E-state index in [0.717, 1.165) is 32.5 Å². The molecule has 26 heavy (non-hydrogen) atoms. The molecule has 1 aromatic carbocycles. The van der Waals surface area contributed by atoms with Gasteiger partial charge in [-0.3, -0.25) is 9.69 Å². The quantitative estimate of drug-likeness (QED) is 0.798. The number of rotatable bonds is 6. The van der Waals surface area contributed by atoms with Gasteiger partial charge in [0.25, 0.3) is 15.9 Å². The molecular formula is C18H23N3O4S. The van der Waals surface area contributed by atoms with Crippen LogP contribution in [0.25, 0.3) is 0 Å². The molecule has 3 rings (SSSR count). The van der Waals surface area contributed by atoms with Crippen molar-refractivity contribution in [2.24, 2.45) is 0 Å². The molecule has 2 heterocycles. The van der Waals surface area contributed by atoms with Crippen LogP contribution in [0, 0.1) is 0 Å². The van der Waals surface area contributed by atoms with Crippen LogP contribution in [0.5, 0.6) is 0 Å². The summed E-state index contributed by atoms with van der Waals surface area (Å²) in [6.45, 7) is 2.71. The number of likely N-dealkylation sites (tertiary alicyclic amines) is 1. The number of carbonyl (C=O) groups excluding carboxylic acids is 1. The number of nitrogens with zero attached hydrogens (tertiary/aromatic N) is 1. The van der Waals surface area contributed by atoms with Gasteiger partial charge in [0.15, 0.2) is 5.76 Å². The van der Waals surface area contributed by atoms with Crippen LogP contribution in [-0.4, -0.2) is 45.4 Å². The van der Waals surface area contributed by atoms with E-state index in [4.69, 9.17) is 4.42 Å². The van der Waals surface area contributed by atoms with Gasteiger partial charge in [-0.25, -0.2) is 13.1 Å². The van der Waals surface area contributed by atoms with Gasteiger partial charge in [-0.1, -0.05) is 30.3 Å². The molecule has 7 nitrogen and oxygen atoms in total. The summed E-state index contributed by atoms with van der Waals surface area (Å²) >= 11 is 0. The van der Waals surface area contributed by atoms with Crippen LogP contribution in [-0.2, 0) is 16.6 Å². The second-order valence-electron chi connectivity index (χ2n) is 6.34. The number of furan rings is 1. The zero-order valence-electron chi connectivity index (χ0n) is 14.6. The van der Waals surface area contributed by atoms with Crippen LogP contribution < -0.4 is 10.0 Å². The Hall–Kier alpha value is -2.16. The highest BCUT2D eigenvalue weighted by molar-refractivity contribution is 7.89. The van der Waals surface area contributed by atoms with Gasteiger partial charge in [0, 0.05) is 25.7 Å². The molecule has 8 heteroatoms. The first-order chi connectivity index (χ1) is 12.5. The van der Waals surface area contributed by atoms with E-state index in [1.807, 2.05) is 18.2 Å². The lowest BCUT2D eigenvalue weighted by Gasteiger charge is -2.32. The molecular weight excluding hydrogens is 354 g/mol. The van der Waals surface area contributed by atoms with Gasteiger partial charge in [-0.2, -0.15) is 0 Å². The third kappa shape index (κ3) is 4.51. The molecule has 140 valence electrons. The number of hydrogen-bond acceptors (Lipinski definition) is 5. The average Bonchev–Trinajstić information content (AvgIpc) is 3.15. The Bertz CT molecular complexity index is 840. The summed E-state index contributed by atoms with van der Waals surface area (Å²) in [4.78, 5) is 14.6. The van der Waals surface area contributed by atoms with E-state index in [1.165, 1.54) is 24.7 Å². The Kier molecular flexibility index (Phi) is 5.75. The van der Waals surface area contributed by atoms with Gasteiger partial charge in [-0.05, 0) is 37.6 Å². The molecule has 1 amide bonds. The van der Waals surface area contributed by atoms with Gasteiger partial charge >= 0.3 is 0 Å². The highest BCUT2D eigenvalue weighted by atomic mass is 32.2. The molecule has 2 N–H and O–H groups in total. The van der Waals surface area contributed by atoms with Gasteiger partial charge < -0.3 is 9.73 Å². The van der Waals surface area contributed by atoms with Crippen molar-refractivity contribution in [1.29, 1.82) is 0 Å². The van der Waals surface area contributed by atoms with Crippen molar-refractivity contribution >= 4 is 15.9 Å². The van der Waals surface area contributed by atoms with Gasteiger partial charge in [-0.15, -0.1) is 0 Å². The van der Waals surface area contributed by atoms with Crippen LogP contribution in [0.2, 0.25) is 0 Å². The maximum absolute atomic E-state index is 12.3. The van der Waals surface area contributed by atoms with E-state index < -0.39 is 10.0 Å². The minimum atomic E-state index is -3.68. The van der Waals surface area contributed by atoms with E-state index in [2.05, 4.69) is 27.1 Å². The number of sulfonamides is 1. The van der Waals surface area contributed by atoms with Crippen LogP contribution in [0.1, 0.15) is 29.0 Å². The Morgan fingerprint density at radius 3 is 2.50 bits per heavy atom. The molecule has 2 aromatic rings. The number of carbonyl (C=O) groups is 1. The number of hydrogen-bond donors (Lipinski definition) is 2. The first-order valence-corrected chi connectivity index (χ1v) is 10.1. The van der Waals surface area contributed by atoms with Crippen LogP contribution in [0.4, 0.5) is 0 Å². The SMILES string of the molecule is CNS(=O)(=O)c1ccc(C(=O)NC2CCN(Cc3ccccc3)CC2)o1. The van der Waals surface area contributed by atoms with Crippen molar-refractivity contribution in [2.45, 2.75) is 30.5 Å². The summed E-state index contributed by atoms with van der Waals surface area (Å²) < 4.78 is 30.7. The lowest BCUT2D eigenvalue weighted by Crippen LogP contribution is -2.44. The number of benzene rings is 1. The second-order valence-corrected chi connectivity index (χ2v) is 8.15. The monoisotopic (exact) mass is 377 g/mol. The molecule has 1 fully saturated rings. The fraction of sp³-hybridized carbons (Fsp3) is 0.389. The maximum atomic E-state index is 12.3. The van der Waals surface area contributed by atoms with E-state index >= 15 is 0 Å². The predicted octanol–water partition coefficient (Wildman–Crippen LogP) is 1.58. The lowest BCUT2D eigenvalue weighted by molar-refractivity contribution is 0.0875. The van der Waals surface area contributed by atoms with Gasteiger partial charge in [0.2, 0.25) is 5.09 Å². The summed E-state index contributed by atoms with van der Waals surface area (Å²) in [6, 6.07) is 13.0. The standard InChI is InChI=1S/C18H23N3O4S/c1-19-26(23,24)17-8-7-16(25-17)18(22)20-15-9-11-21(12-10-15)13-14-5-3-2-4-6-14/h2-8,15,19H,9-13H2,1H3,(H,20,22). The van der Waals surface area contributed by atoms with Crippen molar-refractivity contribution in [2.75, 3.05) is 20.1 Å². The Balaban J connectivity index is 1.51. The summed E-state index contributed by atoms with van der Waals surface area (Å²) in [7, 11) is -2.39. The third-order valence-corrected chi connectivity index (χ3v) is 5.80. The van der Waals surface area contributed by atoms with Crippen LogP contribution in [0.15, 0.2) is 52.0 Å². The molecule has 0 bridgehead atoms. The number of nitrogens with one attached hydrogen (secondary N) is 2. The van der Waals surface area contributed by atoms with Gasteiger partial charge in [0.05, 0.1) is 0 Å². The van der Waals surface area contributed by atoms with Crippen LogP contribution in [0.3, 0.4) is 0 Å². The summed E-state index contributed by atoms with van der Waals surface area (Å²) in [6.07, 6.45) is 1.70. The fourth-order valence-electron chi connectivity index (χ4n) is 3.02. The summed E-state index contributed by atoms with van der Waals surface area (Å²) in [5.74, 6) is -0.380. The average molecular weight is 377 g/mol. The zero-order valence-corrected chi connectivity index (χ0v) is 15.5. The summed E-state index contributed by atoms with van der Waals surface area (Å²) in [5, 5.41) is 2.67. The minimum absolute atomic E-state index is 0.00513. The third-order valence-electron chi connectivity index (χ3n) is 4.51. The molecule has 0 spiro atoms. The van der Waals surface area contributed by atoms with Crippen molar-refractivity contribution < 1.29 is 17.6 Å². The van der Waals surface area contributed by atoms with Crippen molar-refractivity contribution in [3.8, 4) is 0 Å². The van der Waals surface area contributed by atoms with E-state index in [9.17, 15) is 13.2 Å². The van der Waals surface area contributed by atoms with E-state index in [1.54, 1.807) is 0 Å². The molecule has 0 atom stereocenters. The maximum Gasteiger partial charge on any atom is 0.287 e. The zero-order chi connectivity index (χ0) is 18.6. The Morgan fingerprint density at radius 1 is 1.15 bits per heavy atom. The van der Waals surface area contributed by atoms with Crippen LogP contribution >= 0.6 is 0 Å². The topological polar surface area (TPSA) is 91.6 Å². The number of piperidine rings is 1. The first kappa shape index (κ1) is 18.6. The molecule has 0 aliphatic carbocycles. The molecule has 1 saturated heterocycles. The molecule has 0 radical (unpaired) electrons. The smallest absolute Gasteiger partial charge is 0.287 e. The number of amides is 1. The van der Waals surface area contributed by atoms with E-state index in [0.29, 0.717) is 0 Å². The summed E-state index contributed by atoms with van der Waals surface area (Å²) in [5.41, 5.74) is 1.28. The van der Waals surface area contributed by atoms with Crippen molar-refractivity contribution in [3.05, 3.63) is 53.8 Å². The highest BCUT2D eigenvalue weighted by Gasteiger charge is 2.24. The van der Waals surface area contributed by atoms with Crippen molar-refractivity contribution in [3.63, 3.8) is 0 Å². The van der Waals surface area contributed by atoms with Gasteiger partial charge in [0.1, 0.15) is 0 Å². The van der Waals surface area contributed by atoms with Crippen molar-refractivity contribution in [1.82, 2.24) is 14.9 Å². The Labute approximate surface area is 153 Å². The second kappa shape index (κ2) is 8.03. The fourth-order valence-corrected chi connectivity index (χ4v) is 3.67. The molecule has 0 saturated carbocycles. The molecule has 0 unspecified atom stereocenters. The molecule has 1 aromatic heterocycles. The highest BCUT2D eigenvalue weighted by Crippen LogP contribution is 2.16. The lowest BCUT2D eigenvalue weighted by atomic mass is 10.0. The largest absolute Gasteiger partial charge is 0.438 e. The Morgan fingerprint density at radius 2 is 1.85 bits per heavy atom. The molecule has 1 aliphatic heterocycles. The van der Waals surface area contributed by atoms with E-state index in [-0.39, 0.29) is 22.8 Å². The normalized spacial score (nSPS) is 16.5. The first-order valence-electron chi connectivity index (χ1n) is 8.58. The minimum Gasteiger partial charge on any atom is -0.438 e.